The van der Waals surface area contributed by atoms with Gasteiger partial charge in [-0.1, -0.05) is 12.2 Å². The fourth-order valence-electron chi connectivity index (χ4n) is 1.91. The SMILES string of the molecule is CC(=O)NC(C)(C)CN1CC=CCC1. The monoisotopic (exact) mass is 196 g/mol. The van der Waals surface area contributed by atoms with Gasteiger partial charge in [0.25, 0.3) is 0 Å². The molecular formula is C11H20N2O. The maximum Gasteiger partial charge on any atom is 0.217 e. The summed E-state index contributed by atoms with van der Waals surface area (Å²) in [6, 6.07) is 0. The number of nitrogens with one attached hydrogen (secondary N) is 1. The van der Waals surface area contributed by atoms with Crippen LogP contribution in [0.15, 0.2) is 12.2 Å². The lowest BCUT2D eigenvalue weighted by Gasteiger charge is -2.33. The Morgan fingerprint density at radius 2 is 2.21 bits per heavy atom. The van der Waals surface area contributed by atoms with E-state index in [9.17, 15) is 4.79 Å². The molecule has 1 rings (SSSR count). The van der Waals surface area contributed by atoms with Crippen LogP contribution in [0, 0.1) is 0 Å². The highest BCUT2D eigenvalue weighted by Crippen LogP contribution is 2.09. The quantitative estimate of drug-likeness (QED) is 0.687. The van der Waals surface area contributed by atoms with E-state index < -0.39 is 0 Å². The van der Waals surface area contributed by atoms with Gasteiger partial charge in [-0.15, -0.1) is 0 Å². The Kier molecular flexibility index (Phi) is 3.69. The number of hydrogen-bond acceptors (Lipinski definition) is 2. The highest BCUT2D eigenvalue weighted by atomic mass is 16.1. The van der Waals surface area contributed by atoms with E-state index in [4.69, 9.17) is 0 Å². The van der Waals surface area contributed by atoms with Gasteiger partial charge in [-0.25, -0.2) is 0 Å². The molecule has 0 spiro atoms. The Balaban J connectivity index is 2.41. The predicted octanol–water partition coefficient (Wildman–Crippen LogP) is 1.16. The van der Waals surface area contributed by atoms with Crippen molar-refractivity contribution in [3.8, 4) is 0 Å². The molecule has 0 radical (unpaired) electrons. The van der Waals surface area contributed by atoms with E-state index in [0.29, 0.717) is 0 Å². The normalized spacial score (nSPS) is 18.2. The second kappa shape index (κ2) is 4.60. The second-order valence-corrected chi connectivity index (χ2v) is 4.56. The zero-order valence-corrected chi connectivity index (χ0v) is 9.34. The Hall–Kier alpha value is -0.830. The highest BCUT2D eigenvalue weighted by Gasteiger charge is 2.22. The molecule has 1 amide bonds. The minimum Gasteiger partial charge on any atom is -0.350 e. The number of hydrogen-bond donors (Lipinski definition) is 1. The van der Waals surface area contributed by atoms with E-state index in [1.807, 2.05) is 0 Å². The van der Waals surface area contributed by atoms with Gasteiger partial charge in [-0.3, -0.25) is 9.69 Å². The molecule has 0 unspecified atom stereocenters. The standard InChI is InChI=1S/C11H20N2O/c1-10(14)12-11(2,3)9-13-7-5-4-6-8-13/h4-5H,6-9H2,1-3H3,(H,12,14). The minimum atomic E-state index is -0.128. The average molecular weight is 196 g/mol. The Morgan fingerprint density at radius 1 is 1.50 bits per heavy atom. The summed E-state index contributed by atoms with van der Waals surface area (Å²) < 4.78 is 0. The summed E-state index contributed by atoms with van der Waals surface area (Å²) in [5.74, 6) is 0.0440. The van der Waals surface area contributed by atoms with Gasteiger partial charge in [0.15, 0.2) is 0 Å². The van der Waals surface area contributed by atoms with E-state index in [2.05, 4.69) is 36.2 Å². The number of nitrogens with zero attached hydrogens (tertiary/aromatic N) is 1. The summed E-state index contributed by atoms with van der Waals surface area (Å²) >= 11 is 0. The zero-order valence-electron chi connectivity index (χ0n) is 9.34. The lowest BCUT2D eigenvalue weighted by Crippen LogP contribution is -2.51. The lowest BCUT2D eigenvalue weighted by molar-refractivity contribution is -0.120. The predicted molar refractivity (Wildman–Crippen MR) is 58.1 cm³/mol. The van der Waals surface area contributed by atoms with E-state index in [1.54, 1.807) is 6.92 Å². The number of rotatable bonds is 3. The Morgan fingerprint density at radius 3 is 2.71 bits per heavy atom. The first-order valence-corrected chi connectivity index (χ1v) is 5.16. The third kappa shape index (κ3) is 3.92. The van der Waals surface area contributed by atoms with Gasteiger partial charge in [-0.2, -0.15) is 0 Å². The van der Waals surface area contributed by atoms with E-state index in [1.165, 1.54) is 0 Å². The number of carbonyl (C=O) groups is 1. The Labute approximate surface area is 86.2 Å². The van der Waals surface area contributed by atoms with Crippen molar-refractivity contribution in [3.05, 3.63) is 12.2 Å². The molecule has 0 fully saturated rings. The van der Waals surface area contributed by atoms with Gasteiger partial charge in [0, 0.05) is 32.1 Å². The molecule has 1 N–H and O–H groups in total. The molecule has 0 atom stereocenters. The molecule has 3 heteroatoms. The summed E-state index contributed by atoms with van der Waals surface area (Å²) in [5, 5.41) is 2.96. The van der Waals surface area contributed by atoms with Crippen LogP contribution in [0.25, 0.3) is 0 Å². The van der Waals surface area contributed by atoms with Crippen molar-refractivity contribution in [3.63, 3.8) is 0 Å². The van der Waals surface area contributed by atoms with Crippen LogP contribution in [0.5, 0.6) is 0 Å². The largest absolute Gasteiger partial charge is 0.350 e. The van der Waals surface area contributed by atoms with Crippen LogP contribution < -0.4 is 5.32 Å². The van der Waals surface area contributed by atoms with Gasteiger partial charge >= 0.3 is 0 Å². The molecule has 0 bridgehead atoms. The average Bonchev–Trinajstić information content (AvgIpc) is 2.02. The van der Waals surface area contributed by atoms with Crippen molar-refractivity contribution >= 4 is 5.91 Å². The minimum absolute atomic E-state index is 0.0440. The van der Waals surface area contributed by atoms with Crippen LogP contribution in [0.3, 0.4) is 0 Å². The van der Waals surface area contributed by atoms with Gasteiger partial charge in [0.2, 0.25) is 5.91 Å². The highest BCUT2D eigenvalue weighted by molar-refractivity contribution is 5.73. The number of carbonyl (C=O) groups excluding carboxylic acids is 1. The maximum absolute atomic E-state index is 11.0. The smallest absolute Gasteiger partial charge is 0.217 e. The van der Waals surface area contributed by atoms with Gasteiger partial charge in [0.05, 0.1) is 0 Å². The Bertz CT molecular complexity index is 233. The topological polar surface area (TPSA) is 32.3 Å². The molecule has 1 aliphatic rings. The zero-order chi connectivity index (χ0) is 10.6. The summed E-state index contributed by atoms with van der Waals surface area (Å²) in [6.45, 7) is 8.71. The van der Waals surface area contributed by atoms with Crippen LogP contribution in [-0.2, 0) is 4.79 Å². The molecule has 3 nitrogen and oxygen atoms in total. The maximum atomic E-state index is 11.0. The third-order valence-corrected chi connectivity index (χ3v) is 2.28. The van der Waals surface area contributed by atoms with Crippen molar-refractivity contribution in [1.29, 1.82) is 0 Å². The summed E-state index contributed by atoms with van der Waals surface area (Å²) in [5.41, 5.74) is -0.128. The molecule has 0 aromatic rings. The van der Waals surface area contributed by atoms with Crippen LogP contribution >= 0.6 is 0 Å². The first kappa shape index (κ1) is 11.2. The van der Waals surface area contributed by atoms with E-state index in [-0.39, 0.29) is 11.4 Å². The fraction of sp³-hybridized carbons (Fsp3) is 0.727. The summed E-state index contributed by atoms with van der Waals surface area (Å²) in [7, 11) is 0. The first-order valence-electron chi connectivity index (χ1n) is 5.16. The van der Waals surface area contributed by atoms with Crippen molar-refractivity contribution < 1.29 is 4.79 Å². The van der Waals surface area contributed by atoms with Crippen LogP contribution in [0.2, 0.25) is 0 Å². The fourth-order valence-corrected chi connectivity index (χ4v) is 1.91. The molecule has 80 valence electrons. The van der Waals surface area contributed by atoms with Crippen molar-refractivity contribution in [2.24, 2.45) is 0 Å². The van der Waals surface area contributed by atoms with Gasteiger partial charge in [0.1, 0.15) is 0 Å². The molecule has 0 saturated carbocycles. The second-order valence-electron chi connectivity index (χ2n) is 4.56. The van der Waals surface area contributed by atoms with Crippen molar-refractivity contribution in [2.75, 3.05) is 19.6 Å². The summed E-state index contributed by atoms with van der Waals surface area (Å²) in [4.78, 5) is 13.3. The summed E-state index contributed by atoms with van der Waals surface area (Å²) in [6.07, 6.45) is 5.52. The van der Waals surface area contributed by atoms with Crippen LogP contribution in [0.1, 0.15) is 27.2 Å². The van der Waals surface area contributed by atoms with E-state index >= 15 is 0 Å². The third-order valence-electron chi connectivity index (χ3n) is 2.28. The molecule has 0 aliphatic carbocycles. The number of amides is 1. The molecule has 1 heterocycles. The molecule has 14 heavy (non-hydrogen) atoms. The van der Waals surface area contributed by atoms with Gasteiger partial charge < -0.3 is 5.32 Å². The van der Waals surface area contributed by atoms with E-state index in [0.717, 1.165) is 26.1 Å². The van der Waals surface area contributed by atoms with Crippen LogP contribution in [0.4, 0.5) is 0 Å². The molecular weight excluding hydrogens is 176 g/mol. The van der Waals surface area contributed by atoms with Crippen LogP contribution in [-0.4, -0.2) is 36.0 Å². The molecule has 0 saturated heterocycles. The van der Waals surface area contributed by atoms with Gasteiger partial charge in [-0.05, 0) is 20.3 Å². The molecule has 1 aliphatic heterocycles. The molecule has 0 aromatic heterocycles. The lowest BCUT2D eigenvalue weighted by atomic mass is 10.0. The van der Waals surface area contributed by atoms with Crippen molar-refractivity contribution in [2.45, 2.75) is 32.7 Å². The molecule has 0 aromatic carbocycles. The van der Waals surface area contributed by atoms with Crippen molar-refractivity contribution in [1.82, 2.24) is 10.2 Å². The first-order chi connectivity index (χ1) is 6.49.